The van der Waals surface area contributed by atoms with E-state index in [0.29, 0.717) is 23.6 Å². The standard InChI is InChI=1S/C23H21FN2O3.C2H4O2/c1-26-14-20(29-22-5-3-2-4-21(22)26)15-28-19-12-6-16(7-13-19)23(27)25-18-10-8-17(24)9-11-18;1-2(3)4/h2-13,20H,14-15H2,1H3,(H,25,27);1H3,(H,3,4)/t20-;/m0./s1. The average Bonchev–Trinajstić information content (AvgIpc) is 2.79. The van der Waals surface area contributed by atoms with Crippen molar-refractivity contribution in [2.75, 3.05) is 30.4 Å². The van der Waals surface area contributed by atoms with Crippen LogP contribution in [-0.2, 0) is 4.79 Å². The topological polar surface area (TPSA) is 88.1 Å². The van der Waals surface area contributed by atoms with Gasteiger partial charge in [-0.1, -0.05) is 12.1 Å². The van der Waals surface area contributed by atoms with Crippen LogP contribution < -0.4 is 19.7 Å². The summed E-state index contributed by atoms with van der Waals surface area (Å²) in [7, 11) is 2.03. The number of fused-ring (bicyclic) bond motifs is 1. The van der Waals surface area contributed by atoms with Crippen molar-refractivity contribution in [3.05, 3.63) is 84.2 Å². The number of rotatable bonds is 5. The van der Waals surface area contributed by atoms with Crippen molar-refractivity contribution in [3.8, 4) is 11.5 Å². The Labute approximate surface area is 191 Å². The van der Waals surface area contributed by atoms with Crippen LogP contribution in [0.25, 0.3) is 0 Å². The lowest BCUT2D eigenvalue weighted by Crippen LogP contribution is -2.41. The first-order valence-electron chi connectivity index (χ1n) is 10.3. The second-order valence-electron chi connectivity index (χ2n) is 7.40. The minimum atomic E-state index is -0.833. The second kappa shape index (κ2) is 11.0. The molecule has 0 fully saturated rings. The summed E-state index contributed by atoms with van der Waals surface area (Å²) in [4.78, 5) is 23.4. The van der Waals surface area contributed by atoms with Gasteiger partial charge in [-0.2, -0.15) is 0 Å². The van der Waals surface area contributed by atoms with E-state index in [1.807, 2.05) is 31.3 Å². The molecule has 33 heavy (non-hydrogen) atoms. The molecule has 0 aliphatic carbocycles. The Morgan fingerprint density at radius 1 is 1.09 bits per heavy atom. The zero-order chi connectivity index (χ0) is 23.8. The van der Waals surface area contributed by atoms with Crippen molar-refractivity contribution in [1.29, 1.82) is 0 Å². The Kier molecular flexibility index (Phi) is 7.86. The molecule has 1 amide bonds. The summed E-state index contributed by atoms with van der Waals surface area (Å²) >= 11 is 0. The van der Waals surface area contributed by atoms with Gasteiger partial charge in [0.25, 0.3) is 11.9 Å². The van der Waals surface area contributed by atoms with E-state index in [4.69, 9.17) is 19.4 Å². The SMILES string of the molecule is CC(=O)O.CN1C[C@@H](COc2ccc(C(=O)Nc3ccc(F)cc3)cc2)Oc2ccccc21. The van der Waals surface area contributed by atoms with Crippen molar-refractivity contribution in [2.45, 2.75) is 13.0 Å². The van der Waals surface area contributed by atoms with Crippen LogP contribution in [0.15, 0.2) is 72.8 Å². The summed E-state index contributed by atoms with van der Waals surface area (Å²) in [6, 6.07) is 20.4. The van der Waals surface area contributed by atoms with Crippen molar-refractivity contribution in [1.82, 2.24) is 0 Å². The molecule has 3 aromatic carbocycles. The Balaban J connectivity index is 0.000000709. The van der Waals surface area contributed by atoms with Crippen molar-refractivity contribution in [3.63, 3.8) is 0 Å². The van der Waals surface area contributed by atoms with Gasteiger partial charge >= 0.3 is 0 Å². The van der Waals surface area contributed by atoms with Crippen LogP contribution in [-0.4, -0.2) is 43.3 Å². The van der Waals surface area contributed by atoms with E-state index >= 15 is 0 Å². The molecule has 1 aliphatic rings. The highest BCUT2D eigenvalue weighted by molar-refractivity contribution is 6.04. The molecule has 0 unspecified atom stereocenters. The Morgan fingerprint density at radius 3 is 2.39 bits per heavy atom. The Morgan fingerprint density at radius 2 is 1.73 bits per heavy atom. The van der Waals surface area contributed by atoms with Gasteiger partial charge in [0.1, 0.15) is 30.0 Å². The number of nitrogens with one attached hydrogen (secondary N) is 1. The Hall–Kier alpha value is -4.07. The molecule has 0 bridgehead atoms. The van der Waals surface area contributed by atoms with Gasteiger partial charge in [-0.05, 0) is 60.7 Å². The van der Waals surface area contributed by atoms with Gasteiger partial charge < -0.3 is 24.8 Å². The van der Waals surface area contributed by atoms with Crippen molar-refractivity contribution in [2.24, 2.45) is 0 Å². The van der Waals surface area contributed by atoms with Crippen LogP contribution in [0.1, 0.15) is 17.3 Å². The number of carbonyl (C=O) groups excluding carboxylic acids is 1. The molecule has 0 aromatic heterocycles. The number of ether oxygens (including phenoxy) is 2. The zero-order valence-electron chi connectivity index (χ0n) is 18.3. The lowest BCUT2D eigenvalue weighted by molar-refractivity contribution is -0.134. The number of amides is 1. The maximum atomic E-state index is 13.0. The predicted octanol–water partition coefficient (Wildman–Crippen LogP) is 4.45. The van der Waals surface area contributed by atoms with Crippen LogP contribution >= 0.6 is 0 Å². The fraction of sp³-hybridized carbons (Fsp3) is 0.200. The van der Waals surface area contributed by atoms with E-state index in [9.17, 15) is 9.18 Å². The average molecular weight is 452 g/mol. The van der Waals surface area contributed by atoms with E-state index in [-0.39, 0.29) is 17.8 Å². The van der Waals surface area contributed by atoms with Crippen LogP contribution in [0.3, 0.4) is 0 Å². The summed E-state index contributed by atoms with van der Waals surface area (Å²) < 4.78 is 24.8. The van der Waals surface area contributed by atoms with Crippen molar-refractivity contribution >= 4 is 23.3 Å². The van der Waals surface area contributed by atoms with Gasteiger partial charge in [0.15, 0.2) is 0 Å². The summed E-state index contributed by atoms with van der Waals surface area (Å²) in [6.07, 6.45) is -0.0867. The number of para-hydroxylation sites is 2. The number of hydrogen-bond donors (Lipinski definition) is 2. The fourth-order valence-corrected chi connectivity index (χ4v) is 3.21. The third kappa shape index (κ3) is 6.96. The maximum Gasteiger partial charge on any atom is 0.300 e. The number of benzene rings is 3. The summed E-state index contributed by atoms with van der Waals surface area (Å²) in [6.45, 7) is 2.22. The number of likely N-dealkylation sites (N-methyl/N-ethyl adjacent to an activating group) is 1. The van der Waals surface area contributed by atoms with E-state index in [1.165, 1.54) is 24.3 Å². The maximum absolute atomic E-state index is 13.0. The van der Waals surface area contributed by atoms with Crippen LogP contribution in [0.5, 0.6) is 11.5 Å². The number of carbonyl (C=O) groups is 2. The molecule has 0 spiro atoms. The normalized spacial score (nSPS) is 14.2. The molecule has 0 saturated carbocycles. The molecule has 0 saturated heterocycles. The van der Waals surface area contributed by atoms with Crippen LogP contribution in [0, 0.1) is 5.82 Å². The highest BCUT2D eigenvalue weighted by atomic mass is 19.1. The molecule has 4 rings (SSSR count). The number of carboxylic acids is 1. The highest BCUT2D eigenvalue weighted by Gasteiger charge is 2.23. The lowest BCUT2D eigenvalue weighted by Gasteiger charge is -2.33. The summed E-state index contributed by atoms with van der Waals surface area (Å²) in [5, 5.41) is 10.1. The van der Waals surface area contributed by atoms with Gasteiger partial charge in [-0.3, -0.25) is 9.59 Å². The monoisotopic (exact) mass is 452 g/mol. The third-order valence-electron chi connectivity index (χ3n) is 4.70. The molecule has 0 radical (unpaired) electrons. The first kappa shape index (κ1) is 23.6. The fourth-order valence-electron chi connectivity index (χ4n) is 3.21. The zero-order valence-corrected chi connectivity index (χ0v) is 18.3. The first-order valence-corrected chi connectivity index (χ1v) is 10.3. The quantitative estimate of drug-likeness (QED) is 0.595. The minimum absolute atomic E-state index is 0.0867. The largest absolute Gasteiger partial charge is 0.490 e. The number of anilines is 2. The molecular formula is C25H25FN2O5. The molecule has 1 atom stereocenters. The summed E-state index contributed by atoms with van der Waals surface area (Å²) in [5.74, 6) is 0.0641. The van der Waals surface area contributed by atoms with E-state index in [1.54, 1.807) is 24.3 Å². The molecule has 7 nitrogen and oxygen atoms in total. The van der Waals surface area contributed by atoms with E-state index in [2.05, 4.69) is 10.2 Å². The molecule has 8 heteroatoms. The second-order valence-corrected chi connectivity index (χ2v) is 7.40. The minimum Gasteiger partial charge on any atom is -0.490 e. The predicted molar refractivity (Wildman–Crippen MR) is 124 cm³/mol. The smallest absolute Gasteiger partial charge is 0.300 e. The highest BCUT2D eigenvalue weighted by Crippen LogP contribution is 2.32. The number of carboxylic acid groups (broad SMARTS) is 1. The van der Waals surface area contributed by atoms with Gasteiger partial charge in [-0.25, -0.2) is 4.39 Å². The molecule has 3 aromatic rings. The van der Waals surface area contributed by atoms with Crippen LogP contribution in [0.2, 0.25) is 0 Å². The molecular weight excluding hydrogens is 427 g/mol. The van der Waals surface area contributed by atoms with Gasteiger partial charge in [0.05, 0.1) is 12.2 Å². The molecule has 1 heterocycles. The summed E-state index contributed by atoms with van der Waals surface area (Å²) in [5.41, 5.74) is 2.10. The molecule has 172 valence electrons. The first-order chi connectivity index (χ1) is 15.8. The number of halogens is 1. The van der Waals surface area contributed by atoms with Crippen molar-refractivity contribution < 1.29 is 28.6 Å². The molecule has 1 aliphatic heterocycles. The lowest BCUT2D eigenvalue weighted by atomic mass is 10.2. The third-order valence-corrected chi connectivity index (χ3v) is 4.70. The van der Waals surface area contributed by atoms with Gasteiger partial charge in [0, 0.05) is 25.2 Å². The number of aliphatic carboxylic acids is 1. The van der Waals surface area contributed by atoms with Gasteiger partial charge in [0.2, 0.25) is 0 Å². The van der Waals surface area contributed by atoms with E-state index in [0.717, 1.165) is 24.9 Å². The number of hydrogen-bond acceptors (Lipinski definition) is 5. The molecule has 2 N–H and O–H groups in total. The Bertz CT molecular complexity index is 1080. The number of nitrogens with zero attached hydrogens (tertiary/aromatic N) is 1. The van der Waals surface area contributed by atoms with E-state index < -0.39 is 5.97 Å². The van der Waals surface area contributed by atoms with Gasteiger partial charge in [-0.15, -0.1) is 0 Å². The van der Waals surface area contributed by atoms with Crippen LogP contribution in [0.4, 0.5) is 15.8 Å².